The number of aliphatic imine (C=N–C) groups is 1. The maximum absolute atomic E-state index is 11.3. The monoisotopic (exact) mass is 361 g/mol. The van der Waals surface area contributed by atoms with E-state index in [2.05, 4.69) is 4.99 Å². The zero-order valence-electron chi connectivity index (χ0n) is 15.3. The van der Waals surface area contributed by atoms with Crippen LogP contribution in [0, 0.1) is 24.0 Å². The van der Waals surface area contributed by atoms with Crippen LogP contribution in [0.3, 0.4) is 0 Å². The lowest BCUT2D eigenvalue weighted by Crippen LogP contribution is -2.00. The van der Waals surface area contributed by atoms with Crippen LogP contribution in [0.2, 0.25) is 0 Å². The summed E-state index contributed by atoms with van der Waals surface area (Å²) in [6.07, 6.45) is 1.76. The minimum atomic E-state index is -0.398. The van der Waals surface area contributed by atoms with E-state index in [9.17, 15) is 14.9 Å². The highest BCUT2D eigenvalue weighted by atomic mass is 16.6. The summed E-state index contributed by atoms with van der Waals surface area (Å²) in [5.74, 6) is 0.0195. The van der Waals surface area contributed by atoms with Gasteiger partial charge in [-0.25, -0.2) is 0 Å². The first-order chi connectivity index (χ1) is 12.9. The molecule has 1 heterocycles. The van der Waals surface area contributed by atoms with Gasteiger partial charge in [-0.2, -0.15) is 0 Å². The molecule has 0 N–H and O–H groups in total. The molecule has 0 saturated heterocycles. The van der Waals surface area contributed by atoms with Gasteiger partial charge >= 0.3 is 0 Å². The maximum Gasteiger partial charge on any atom is 0.271 e. The van der Waals surface area contributed by atoms with Crippen molar-refractivity contribution < 1.29 is 9.72 Å². The maximum atomic E-state index is 11.3. The fourth-order valence-electron chi connectivity index (χ4n) is 2.99. The number of carbonyl (C=O) groups is 1. The van der Waals surface area contributed by atoms with E-state index in [4.69, 9.17) is 0 Å². The van der Waals surface area contributed by atoms with Gasteiger partial charge < -0.3 is 4.57 Å². The molecular formula is C21H19N3O3. The largest absolute Gasteiger partial charge is 0.318 e. The smallest absolute Gasteiger partial charge is 0.271 e. The van der Waals surface area contributed by atoms with Gasteiger partial charge in [-0.15, -0.1) is 0 Å². The van der Waals surface area contributed by atoms with Gasteiger partial charge in [0.2, 0.25) is 0 Å². The van der Waals surface area contributed by atoms with Gasteiger partial charge in [-0.1, -0.05) is 6.07 Å². The van der Waals surface area contributed by atoms with Crippen molar-refractivity contribution >= 4 is 23.4 Å². The molecule has 0 unspecified atom stereocenters. The molecular weight excluding hydrogens is 342 g/mol. The summed E-state index contributed by atoms with van der Waals surface area (Å²) in [6, 6.07) is 15.6. The molecule has 0 spiro atoms. The number of nitrogens with zero attached hydrogens (tertiary/aromatic N) is 3. The Morgan fingerprint density at radius 1 is 1.11 bits per heavy atom. The Balaban J connectivity index is 1.93. The zero-order valence-corrected chi connectivity index (χ0v) is 15.3. The van der Waals surface area contributed by atoms with E-state index in [1.807, 2.05) is 30.5 Å². The second-order valence-corrected chi connectivity index (χ2v) is 6.30. The molecule has 6 nitrogen and oxygen atoms in total. The minimum absolute atomic E-state index is 0.0195. The number of non-ortho nitro benzene ring substituents is 1. The third-order valence-electron chi connectivity index (χ3n) is 4.40. The number of aromatic nitrogens is 1. The Bertz CT molecular complexity index is 1050. The van der Waals surface area contributed by atoms with Crippen LogP contribution in [0.5, 0.6) is 0 Å². The molecule has 0 bridgehead atoms. The molecule has 0 fully saturated rings. The van der Waals surface area contributed by atoms with Crippen molar-refractivity contribution in [3.63, 3.8) is 0 Å². The number of nitro benzene ring substituents is 1. The van der Waals surface area contributed by atoms with Crippen molar-refractivity contribution in [3.8, 4) is 5.69 Å². The van der Waals surface area contributed by atoms with Gasteiger partial charge in [0.1, 0.15) is 0 Å². The van der Waals surface area contributed by atoms with Gasteiger partial charge in [0.05, 0.1) is 16.3 Å². The van der Waals surface area contributed by atoms with Crippen LogP contribution in [-0.2, 0) is 0 Å². The number of rotatable bonds is 5. The highest BCUT2D eigenvalue weighted by Crippen LogP contribution is 2.23. The summed E-state index contributed by atoms with van der Waals surface area (Å²) in [7, 11) is 0. The van der Waals surface area contributed by atoms with Crippen LogP contribution in [0.15, 0.2) is 59.6 Å². The summed E-state index contributed by atoms with van der Waals surface area (Å²) in [4.78, 5) is 26.5. The average Bonchev–Trinajstić information content (AvgIpc) is 2.94. The van der Waals surface area contributed by atoms with Crippen LogP contribution in [0.25, 0.3) is 5.69 Å². The second-order valence-electron chi connectivity index (χ2n) is 6.30. The van der Waals surface area contributed by atoms with Crippen LogP contribution >= 0.6 is 0 Å². The molecule has 2 aromatic carbocycles. The van der Waals surface area contributed by atoms with Gasteiger partial charge in [-0.05, 0) is 57.2 Å². The fourth-order valence-corrected chi connectivity index (χ4v) is 2.99. The number of carbonyl (C=O) groups excluding carboxylic acids is 1. The first-order valence-corrected chi connectivity index (χ1v) is 8.45. The third-order valence-corrected chi connectivity index (χ3v) is 4.40. The number of hydrogen-bond acceptors (Lipinski definition) is 4. The van der Waals surface area contributed by atoms with E-state index >= 15 is 0 Å². The van der Waals surface area contributed by atoms with Gasteiger partial charge in [-0.3, -0.25) is 19.9 Å². The molecule has 136 valence electrons. The Kier molecular flexibility index (Phi) is 4.98. The lowest BCUT2D eigenvalue weighted by Gasteiger charge is -2.09. The van der Waals surface area contributed by atoms with E-state index in [0.717, 1.165) is 28.3 Å². The molecule has 0 saturated carbocycles. The number of nitro groups is 1. The normalized spacial score (nSPS) is 11.1. The van der Waals surface area contributed by atoms with Crippen molar-refractivity contribution in [1.82, 2.24) is 4.57 Å². The van der Waals surface area contributed by atoms with Gasteiger partial charge in [0.25, 0.3) is 5.69 Å². The molecule has 27 heavy (non-hydrogen) atoms. The molecule has 1 aromatic heterocycles. The molecule has 0 aliphatic carbocycles. The Labute approximate surface area is 156 Å². The summed E-state index contributed by atoms with van der Waals surface area (Å²) >= 11 is 0. The lowest BCUT2D eigenvalue weighted by molar-refractivity contribution is -0.384. The third kappa shape index (κ3) is 3.84. The van der Waals surface area contributed by atoms with Crippen molar-refractivity contribution in [3.05, 3.63) is 87.2 Å². The van der Waals surface area contributed by atoms with Gasteiger partial charge in [0, 0.05) is 40.9 Å². The standard InChI is InChI=1S/C21H19N3O3/c1-14-11-18(13-22-19-9-7-17(8-10-19)16(3)25)15(2)23(14)20-5-4-6-21(12-20)24(26)27/h4-13H,1-3H3. The number of ketones is 1. The lowest BCUT2D eigenvalue weighted by atomic mass is 10.1. The zero-order chi connectivity index (χ0) is 19.6. The molecule has 0 radical (unpaired) electrons. The summed E-state index contributed by atoms with van der Waals surface area (Å²) in [5.41, 5.74) is 5.02. The quantitative estimate of drug-likeness (QED) is 0.279. The topological polar surface area (TPSA) is 77.5 Å². The van der Waals surface area contributed by atoms with E-state index in [0.29, 0.717) is 5.56 Å². The molecule has 6 heteroatoms. The molecule has 3 rings (SSSR count). The second kappa shape index (κ2) is 7.37. The van der Waals surface area contributed by atoms with E-state index in [1.54, 1.807) is 42.6 Å². The first kappa shape index (κ1) is 18.3. The Morgan fingerprint density at radius 2 is 1.81 bits per heavy atom. The molecule has 0 aliphatic heterocycles. The van der Waals surface area contributed by atoms with Crippen LogP contribution in [0.4, 0.5) is 11.4 Å². The summed E-state index contributed by atoms with van der Waals surface area (Å²) in [5, 5.41) is 11.0. The molecule has 0 amide bonds. The van der Waals surface area contributed by atoms with E-state index < -0.39 is 4.92 Å². The fraction of sp³-hybridized carbons (Fsp3) is 0.143. The highest BCUT2D eigenvalue weighted by molar-refractivity contribution is 5.94. The van der Waals surface area contributed by atoms with E-state index in [1.165, 1.54) is 13.0 Å². The van der Waals surface area contributed by atoms with Crippen molar-refractivity contribution in [2.75, 3.05) is 0 Å². The predicted molar refractivity (Wildman–Crippen MR) is 106 cm³/mol. The van der Waals surface area contributed by atoms with Crippen LogP contribution in [-0.4, -0.2) is 21.5 Å². The number of benzene rings is 2. The average molecular weight is 361 g/mol. The molecule has 0 atom stereocenters. The Hall–Kier alpha value is -3.54. The minimum Gasteiger partial charge on any atom is -0.318 e. The number of Topliss-reactive ketones (excluding diaryl/α,β-unsaturated/α-hetero) is 1. The highest BCUT2D eigenvalue weighted by Gasteiger charge is 2.12. The predicted octanol–water partition coefficient (Wildman–Crippen LogP) is 4.96. The van der Waals surface area contributed by atoms with Crippen molar-refractivity contribution in [2.24, 2.45) is 4.99 Å². The summed E-state index contributed by atoms with van der Waals surface area (Å²) < 4.78 is 1.97. The molecule has 3 aromatic rings. The first-order valence-electron chi connectivity index (χ1n) is 8.45. The Morgan fingerprint density at radius 3 is 2.44 bits per heavy atom. The van der Waals surface area contributed by atoms with Gasteiger partial charge in [0.15, 0.2) is 5.78 Å². The van der Waals surface area contributed by atoms with E-state index in [-0.39, 0.29) is 11.5 Å². The van der Waals surface area contributed by atoms with Crippen molar-refractivity contribution in [2.45, 2.75) is 20.8 Å². The SMILES string of the molecule is CC(=O)c1ccc(N=Cc2cc(C)n(-c3cccc([N+](=O)[O-])c3)c2C)cc1. The number of aryl methyl sites for hydroxylation is 1. The van der Waals surface area contributed by atoms with Crippen LogP contribution in [0.1, 0.15) is 34.2 Å². The number of hydrogen-bond donors (Lipinski definition) is 0. The summed E-state index contributed by atoms with van der Waals surface area (Å²) in [6.45, 7) is 5.43. The molecule has 0 aliphatic rings. The van der Waals surface area contributed by atoms with Crippen LogP contribution < -0.4 is 0 Å². The van der Waals surface area contributed by atoms with Crippen molar-refractivity contribution in [1.29, 1.82) is 0 Å².